The lowest BCUT2D eigenvalue weighted by Crippen LogP contribution is -2.14. The third kappa shape index (κ3) is 4.08. The molecule has 1 amide bonds. The van der Waals surface area contributed by atoms with Crippen LogP contribution in [0.2, 0.25) is 0 Å². The fourth-order valence-corrected chi connectivity index (χ4v) is 1.62. The smallest absolute Gasteiger partial charge is 0.267 e. The molecule has 2 aromatic carbocycles. The van der Waals surface area contributed by atoms with Gasteiger partial charge in [0.2, 0.25) is 0 Å². The second kappa shape index (κ2) is 6.90. The molecule has 0 fully saturated rings. The molecule has 0 spiro atoms. The van der Waals surface area contributed by atoms with Gasteiger partial charge in [-0.05, 0) is 48.5 Å². The Balaban J connectivity index is 2.05. The number of nitrogens with two attached hydrogens (primary N) is 1. The van der Waals surface area contributed by atoms with Crippen molar-refractivity contribution in [2.75, 3.05) is 16.4 Å². The molecular weight excluding hydrogens is 283 g/mol. The molecule has 2 rings (SSSR count). The number of rotatable bonds is 4. The average Bonchev–Trinajstić information content (AvgIpc) is 2.52. The Bertz CT molecular complexity index is 730. The van der Waals surface area contributed by atoms with E-state index in [1.807, 2.05) is 0 Å². The standard InChI is InChI=1S/C16H13FN4O/c17-12-1-5-14(6-2-12)20-10-11(9-18)16(22)21-15-7-3-13(19)4-8-15/h1-8,10,20H,19H2,(H,21,22)/b11-10-. The number of nitrogens with zero attached hydrogens (tertiary/aromatic N) is 1. The Morgan fingerprint density at radius 2 is 1.68 bits per heavy atom. The predicted molar refractivity (Wildman–Crippen MR) is 83.2 cm³/mol. The van der Waals surface area contributed by atoms with Crippen molar-refractivity contribution in [1.82, 2.24) is 0 Å². The lowest BCUT2D eigenvalue weighted by molar-refractivity contribution is -0.112. The van der Waals surface area contributed by atoms with E-state index in [1.165, 1.54) is 30.5 Å². The lowest BCUT2D eigenvalue weighted by Gasteiger charge is -2.05. The lowest BCUT2D eigenvalue weighted by atomic mass is 10.2. The van der Waals surface area contributed by atoms with E-state index in [0.717, 1.165) is 0 Å². The van der Waals surface area contributed by atoms with Crippen molar-refractivity contribution in [2.45, 2.75) is 0 Å². The average molecular weight is 296 g/mol. The van der Waals surface area contributed by atoms with Gasteiger partial charge in [0, 0.05) is 23.3 Å². The summed E-state index contributed by atoms with van der Waals surface area (Å²) >= 11 is 0. The minimum atomic E-state index is -0.554. The second-order valence-electron chi connectivity index (χ2n) is 4.40. The molecule has 0 bridgehead atoms. The van der Waals surface area contributed by atoms with Crippen LogP contribution in [-0.2, 0) is 4.79 Å². The topological polar surface area (TPSA) is 90.9 Å². The van der Waals surface area contributed by atoms with Gasteiger partial charge in [-0.25, -0.2) is 4.39 Å². The third-order valence-corrected chi connectivity index (χ3v) is 2.76. The highest BCUT2D eigenvalue weighted by atomic mass is 19.1. The zero-order valence-electron chi connectivity index (χ0n) is 11.5. The number of benzene rings is 2. The van der Waals surface area contributed by atoms with E-state index in [1.54, 1.807) is 30.3 Å². The van der Waals surface area contributed by atoms with Gasteiger partial charge in [-0.1, -0.05) is 0 Å². The molecule has 0 radical (unpaired) electrons. The second-order valence-corrected chi connectivity index (χ2v) is 4.40. The molecule has 0 heterocycles. The van der Waals surface area contributed by atoms with Crippen LogP contribution in [-0.4, -0.2) is 5.91 Å². The summed E-state index contributed by atoms with van der Waals surface area (Å²) in [5.74, 6) is -0.919. The summed E-state index contributed by atoms with van der Waals surface area (Å²) in [6.45, 7) is 0. The number of halogens is 1. The molecule has 0 atom stereocenters. The highest BCUT2D eigenvalue weighted by molar-refractivity contribution is 6.06. The van der Waals surface area contributed by atoms with Crippen LogP contribution in [0, 0.1) is 17.1 Å². The summed E-state index contributed by atoms with van der Waals surface area (Å²) in [5, 5.41) is 14.4. The molecule has 22 heavy (non-hydrogen) atoms. The minimum Gasteiger partial charge on any atom is -0.399 e. The van der Waals surface area contributed by atoms with E-state index in [2.05, 4.69) is 10.6 Å². The molecule has 110 valence electrons. The SMILES string of the molecule is N#C/C(=C/Nc1ccc(F)cc1)C(=O)Nc1ccc(N)cc1. The Labute approximate surface area is 126 Å². The molecule has 0 saturated heterocycles. The van der Waals surface area contributed by atoms with Crippen molar-refractivity contribution in [2.24, 2.45) is 0 Å². The van der Waals surface area contributed by atoms with Gasteiger partial charge >= 0.3 is 0 Å². The fourth-order valence-electron chi connectivity index (χ4n) is 1.62. The molecule has 0 saturated carbocycles. The summed E-state index contributed by atoms with van der Waals surface area (Å²) < 4.78 is 12.8. The summed E-state index contributed by atoms with van der Waals surface area (Å²) in [5.41, 5.74) is 7.11. The maximum Gasteiger partial charge on any atom is 0.267 e. The van der Waals surface area contributed by atoms with Crippen LogP contribution in [0.3, 0.4) is 0 Å². The predicted octanol–water partition coefficient (Wildman–Crippen LogP) is 2.87. The van der Waals surface area contributed by atoms with Crippen LogP contribution in [0.15, 0.2) is 60.3 Å². The van der Waals surface area contributed by atoms with E-state index in [9.17, 15) is 9.18 Å². The van der Waals surface area contributed by atoms with Gasteiger partial charge in [-0.3, -0.25) is 4.79 Å². The summed E-state index contributed by atoms with van der Waals surface area (Å²) in [6.07, 6.45) is 1.26. The normalized spacial score (nSPS) is 10.6. The molecule has 0 aliphatic heterocycles. The molecule has 2 aromatic rings. The van der Waals surface area contributed by atoms with E-state index >= 15 is 0 Å². The van der Waals surface area contributed by atoms with Crippen molar-refractivity contribution < 1.29 is 9.18 Å². The Morgan fingerprint density at radius 1 is 1.09 bits per heavy atom. The molecule has 4 N–H and O–H groups in total. The maximum absolute atomic E-state index is 12.8. The number of nitriles is 1. The zero-order chi connectivity index (χ0) is 15.9. The Morgan fingerprint density at radius 3 is 2.27 bits per heavy atom. The van der Waals surface area contributed by atoms with Crippen molar-refractivity contribution in [3.05, 3.63) is 66.1 Å². The molecule has 0 aliphatic rings. The van der Waals surface area contributed by atoms with Crippen LogP contribution >= 0.6 is 0 Å². The number of nitrogen functional groups attached to an aromatic ring is 1. The summed E-state index contributed by atoms with van der Waals surface area (Å²) in [7, 11) is 0. The third-order valence-electron chi connectivity index (χ3n) is 2.76. The maximum atomic E-state index is 12.8. The summed E-state index contributed by atoms with van der Waals surface area (Å²) in [6, 6.07) is 13.9. The van der Waals surface area contributed by atoms with Crippen molar-refractivity contribution in [3.63, 3.8) is 0 Å². The zero-order valence-corrected chi connectivity index (χ0v) is 11.5. The van der Waals surface area contributed by atoms with Gasteiger partial charge in [-0.2, -0.15) is 5.26 Å². The van der Waals surface area contributed by atoms with Gasteiger partial charge in [0.05, 0.1) is 0 Å². The van der Waals surface area contributed by atoms with Crippen LogP contribution in [0.5, 0.6) is 0 Å². The molecule has 0 aliphatic carbocycles. The summed E-state index contributed by atoms with van der Waals surface area (Å²) in [4.78, 5) is 12.0. The van der Waals surface area contributed by atoms with Gasteiger partial charge in [-0.15, -0.1) is 0 Å². The highest BCUT2D eigenvalue weighted by Crippen LogP contribution is 2.12. The van der Waals surface area contributed by atoms with E-state index in [-0.39, 0.29) is 11.4 Å². The molecule has 0 aromatic heterocycles. The first-order chi connectivity index (χ1) is 10.6. The van der Waals surface area contributed by atoms with Crippen LogP contribution in [0.25, 0.3) is 0 Å². The van der Waals surface area contributed by atoms with Gasteiger partial charge < -0.3 is 16.4 Å². The first kappa shape index (κ1) is 15.1. The number of amides is 1. The molecule has 0 unspecified atom stereocenters. The van der Waals surface area contributed by atoms with Gasteiger partial charge in [0.1, 0.15) is 17.5 Å². The van der Waals surface area contributed by atoms with Gasteiger partial charge in [0.15, 0.2) is 0 Å². The molecule has 6 heteroatoms. The number of hydrogen-bond donors (Lipinski definition) is 3. The number of hydrogen-bond acceptors (Lipinski definition) is 4. The Hall–Kier alpha value is -3.33. The van der Waals surface area contributed by atoms with E-state index in [0.29, 0.717) is 17.1 Å². The largest absolute Gasteiger partial charge is 0.399 e. The van der Waals surface area contributed by atoms with Crippen molar-refractivity contribution in [3.8, 4) is 6.07 Å². The van der Waals surface area contributed by atoms with Gasteiger partial charge in [0.25, 0.3) is 5.91 Å². The highest BCUT2D eigenvalue weighted by Gasteiger charge is 2.09. The minimum absolute atomic E-state index is 0.110. The van der Waals surface area contributed by atoms with Crippen molar-refractivity contribution >= 4 is 23.0 Å². The molecular formula is C16H13FN4O. The van der Waals surface area contributed by atoms with Crippen LogP contribution in [0.4, 0.5) is 21.5 Å². The van der Waals surface area contributed by atoms with Crippen LogP contribution < -0.4 is 16.4 Å². The molecule has 5 nitrogen and oxygen atoms in total. The van der Waals surface area contributed by atoms with E-state index in [4.69, 9.17) is 11.0 Å². The first-order valence-corrected chi connectivity index (χ1v) is 6.38. The quantitative estimate of drug-likeness (QED) is 0.459. The first-order valence-electron chi connectivity index (χ1n) is 6.38. The number of nitrogens with one attached hydrogen (secondary N) is 2. The van der Waals surface area contributed by atoms with Crippen LogP contribution in [0.1, 0.15) is 0 Å². The number of anilines is 3. The number of carbonyl (C=O) groups is 1. The fraction of sp³-hybridized carbons (Fsp3) is 0. The van der Waals surface area contributed by atoms with E-state index < -0.39 is 5.91 Å². The van der Waals surface area contributed by atoms with Crippen molar-refractivity contribution in [1.29, 1.82) is 5.26 Å². The Kier molecular flexibility index (Phi) is 4.73. The number of carbonyl (C=O) groups excluding carboxylic acids is 1. The monoisotopic (exact) mass is 296 g/mol.